The summed E-state index contributed by atoms with van der Waals surface area (Å²) < 4.78 is 0. The van der Waals surface area contributed by atoms with E-state index in [0.717, 1.165) is 0 Å². The van der Waals surface area contributed by atoms with Crippen molar-refractivity contribution in [2.45, 2.75) is 19.4 Å². The first-order chi connectivity index (χ1) is 8.50. The monoisotopic (exact) mass is 250 g/mol. The molecule has 6 heteroatoms. The number of nitro groups is 1. The zero-order valence-corrected chi connectivity index (χ0v) is 10.00. The number of aliphatic hydroxyl groups excluding tert-OH is 1. The molecule has 1 aliphatic heterocycles. The first-order valence-corrected chi connectivity index (χ1v) is 5.72. The normalized spacial score (nSPS) is 19.0. The number of rotatable bonds is 2. The lowest BCUT2D eigenvalue weighted by atomic mass is 10.1. The van der Waals surface area contributed by atoms with Gasteiger partial charge in [-0.15, -0.1) is 0 Å². The summed E-state index contributed by atoms with van der Waals surface area (Å²) in [6.07, 6.45) is 0.0626. The molecule has 1 heterocycles. The van der Waals surface area contributed by atoms with Crippen LogP contribution in [0.15, 0.2) is 18.2 Å². The molecule has 0 radical (unpaired) electrons. The van der Waals surface area contributed by atoms with Gasteiger partial charge >= 0.3 is 0 Å². The third-order valence-corrected chi connectivity index (χ3v) is 3.18. The summed E-state index contributed by atoms with van der Waals surface area (Å²) in [6, 6.07) is 4.46. The standard InChI is InChI=1S/C12H14N2O4/c1-8-10(3-2-4-11(8)14(17)18)12(16)13-6-5-9(15)7-13/h2-4,9,15H,5-7H2,1H3. The summed E-state index contributed by atoms with van der Waals surface area (Å²) in [6.45, 7) is 2.35. The topological polar surface area (TPSA) is 83.7 Å². The molecule has 96 valence electrons. The molecule has 1 amide bonds. The van der Waals surface area contributed by atoms with Gasteiger partial charge in [0.25, 0.3) is 11.6 Å². The van der Waals surface area contributed by atoms with Crippen molar-refractivity contribution in [3.05, 3.63) is 39.4 Å². The highest BCUT2D eigenvalue weighted by atomic mass is 16.6. The Bertz CT molecular complexity index is 501. The van der Waals surface area contributed by atoms with E-state index >= 15 is 0 Å². The minimum Gasteiger partial charge on any atom is -0.391 e. The van der Waals surface area contributed by atoms with Crippen LogP contribution in [0.5, 0.6) is 0 Å². The average Bonchev–Trinajstić information content (AvgIpc) is 2.75. The quantitative estimate of drug-likeness (QED) is 0.629. The highest BCUT2D eigenvalue weighted by molar-refractivity contribution is 5.96. The molecule has 0 aromatic heterocycles. The average molecular weight is 250 g/mol. The SMILES string of the molecule is Cc1c(C(=O)N2CCC(O)C2)cccc1[N+](=O)[O-]. The Morgan fingerprint density at radius 3 is 2.83 bits per heavy atom. The van der Waals surface area contributed by atoms with Crippen LogP contribution in [0.1, 0.15) is 22.3 Å². The van der Waals surface area contributed by atoms with Gasteiger partial charge in [0.1, 0.15) is 0 Å². The van der Waals surface area contributed by atoms with Crippen molar-refractivity contribution in [3.8, 4) is 0 Å². The molecule has 0 bridgehead atoms. The molecule has 0 aliphatic carbocycles. The Kier molecular flexibility index (Phi) is 3.29. The summed E-state index contributed by atoms with van der Waals surface area (Å²) in [7, 11) is 0. The van der Waals surface area contributed by atoms with Crippen molar-refractivity contribution in [3.63, 3.8) is 0 Å². The van der Waals surface area contributed by atoms with Crippen molar-refractivity contribution in [1.82, 2.24) is 4.90 Å². The predicted molar refractivity (Wildman–Crippen MR) is 64.4 cm³/mol. The second-order valence-electron chi connectivity index (χ2n) is 4.40. The van der Waals surface area contributed by atoms with E-state index in [9.17, 15) is 20.0 Å². The Morgan fingerprint density at radius 2 is 2.28 bits per heavy atom. The van der Waals surface area contributed by atoms with E-state index in [2.05, 4.69) is 0 Å². The third-order valence-electron chi connectivity index (χ3n) is 3.18. The number of amides is 1. The highest BCUT2D eigenvalue weighted by Gasteiger charge is 2.27. The van der Waals surface area contributed by atoms with Crippen LogP contribution in [-0.2, 0) is 0 Å². The molecule has 1 fully saturated rings. The van der Waals surface area contributed by atoms with Crippen LogP contribution in [0.3, 0.4) is 0 Å². The predicted octanol–water partition coefficient (Wildman–Crippen LogP) is 1.11. The second-order valence-corrected chi connectivity index (χ2v) is 4.40. The van der Waals surface area contributed by atoms with E-state index in [-0.39, 0.29) is 11.6 Å². The lowest BCUT2D eigenvalue weighted by molar-refractivity contribution is -0.385. The molecule has 1 atom stereocenters. The molecule has 0 spiro atoms. The molecule has 2 rings (SSSR count). The summed E-state index contributed by atoms with van der Waals surface area (Å²) in [5, 5.41) is 20.2. The Morgan fingerprint density at radius 1 is 1.56 bits per heavy atom. The zero-order chi connectivity index (χ0) is 13.3. The molecule has 1 aliphatic rings. The van der Waals surface area contributed by atoms with Crippen molar-refractivity contribution in [1.29, 1.82) is 0 Å². The molecule has 1 N–H and O–H groups in total. The lowest BCUT2D eigenvalue weighted by Gasteiger charge is -2.16. The number of β-amino-alcohol motifs (C(OH)–C–C–N with tert-alkyl or cyclic N) is 1. The lowest BCUT2D eigenvalue weighted by Crippen LogP contribution is -2.30. The van der Waals surface area contributed by atoms with Gasteiger partial charge in [0, 0.05) is 30.3 Å². The number of nitrogens with zero attached hydrogens (tertiary/aromatic N) is 2. The first-order valence-electron chi connectivity index (χ1n) is 5.72. The van der Waals surface area contributed by atoms with Crippen LogP contribution in [0.2, 0.25) is 0 Å². The maximum Gasteiger partial charge on any atom is 0.273 e. The molecule has 6 nitrogen and oxygen atoms in total. The number of nitro benzene ring substituents is 1. The Balaban J connectivity index is 2.31. The van der Waals surface area contributed by atoms with E-state index in [1.807, 2.05) is 0 Å². The fourth-order valence-corrected chi connectivity index (χ4v) is 2.15. The first kappa shape index (κ1) is 12.5. The van der Waals surface area contributed by atoms with E-state index in [1.165, 1.54) is 17.0 Å². The molecular formula is C12H14N2O4. The summed E-state index contributed by atoms with van der Waals surface area (Å²) in [5.74, 6) is -0.257. The number of benzene rings is 1. The second kappa shape index (κ2) is 4.73. The molecule has 1 aromatic rings. The maximum absolute atomic E-state index is 12.2. The number of carbonyl (C=O) groups excluding carboxylic acids is 1. The largest absolute Gasteiger partial charge is 0.391 e. The number of aliphatic hydroxyl groups is 1. The van der Waals surface area contributed by atoms with Crippen molar-refractivity contribution in [2.24, 2.45) is 0 Å². The van der Waals surface area contributed by atoms with Crippen LogP contribution < -0.4 is 0 Å². The van der Waals surface area contributed by atoms with Gasteiger partial charge < -0.3 is 10.0 Å². The van der Waals surface area contributed by atoms with E-state index in [4.69, 9.17) is 0 Å². The summed E-state index contributed by atoms with van der Waals surface area (Å²) in [5.41, 5.74) is 0.646. The van der Waals surface area contributed by atoms with Crippen molar-refractivity contribution >= 4 is 11.6 Å². The van der Waals surface area contributed by atoms with Crippen LogP contribution in [-0.4, -0.2) is 40.0 Å². The summed E-state index contributed by atoms with van der Waals surface area (Å²) in [4.78, 5) is 24.0. The molecule has 1 saturated heterocycles. The zero-order valence-electron chi connectivity index (χ0n) is 10.00. The van der Waals surface area contributed by atoms with Crippen LogP contribution in [0, 0.1) is 17.0 Å². The maximum atomic E-state index is 12.2. The molecule has 1 aromatic carbocycles. The van der Waals surface area contributed by atoms with Gasteiger partial charge in [-0.05, 0) is 19.4 Å². The fraction of sp³-hybridized carbons (Fsp3) is 0.417. The van der Waals surface area contributed by atoms with Gasteiger partial charge in [-0.3, -0.25) is 14.9 Å². The number of carbonyl (C=O) groups is 1. The van der Waals surface area contributed by atoms with Crippen molar-refractivity contribution < 1.29 is 14.8 Å². The summed E-state index contributed by atoms with van der Waals surface area (Å²) >= 11 is 0. The molecule has 18 heavy (non-hydrogen) atoms. The highest BCUT2D eigenvalue weighted by Crippen LogP contribution is 2.23. The van der Waals surface area contributed by atoms with Gasteiger partial charge in [0.2, 0.25) is 0 Å². The smallest absolute Gasteiger partial charge is 0.273 e. The number of hydrogen-bond donors (Lipinski definition) is 1. The van der Waals surface area contributed by atoms with Gasteiger partial charge in [0.05, 0.1) is 11.0 Å². The van der Waals surface area contributed by atoms with E-state index in [0.29, 0.717) is 30.6 Å². The fourth-order valence-electron chi connectivity index (χ4n) is 2.15. The van der Waals surface area contributed by atoms with Crippen LogP contribution in [0.25, 0.3) is 0 Å². The van der Waals surface area contributed by atoms with Gasteiger partial charge in [0.15, 0.2) is 0 Å². The van der Waals surface area contributed by atoms with Crippen LogP contribution in [0.4, 0.5) is 5.69 Å². The number of likely N-dealkylation sites (tertiary alicyclic amines) is 1. The minimum atomic E-state index is -0.495. The van der Waals surface area contributed by atoms with Crippen molar-refractivity contribution in [2.75, 3.05) is 13.1 Å². The van der Waals surface area contributed by atoms with E-state index in [1.54, 1.807) is 13.0 Å². The Hall–Kier alpha value is -1.95. The van der Waals surface area contributed by atoms with Gasteiger partial charge in [-0.2, -0.15) is 0 Å². The molecular weight excluding hydrogens is 236 g/mol. The third kappa shape index (κ3) is 2.19. The van der Waals surface area contributed by atoms with Crippen LogP contribution >= 0.6 is 0 Å². The minimum absolute atomic E-state index is 0.0550. The van der Waals surface area contributed by atoms with E-state index < -0.39 is 11.0 Å². The Labute approximate surface area is 104 Å². The molecule has 0 saturated carbocycles. The molecule has 1 unspecified atom stereocenters. The number of hydrogen-bond acceptors (Lipinski definition) is 4. The van der Waals surface area contributed by atoms with Gasteiger partial charge in [-0.1, -0.05) is 6.07 Å². The van der Waals surface area contributed by atoms with Gasteiger partial charge in [-0.25, -0.2) is 0 Å².